The Hall–Kier alpha value is -0.120. The monoisotopic (exact) mass is 240 g/mol. The van der Waals surface area contributed by atoms with E-state index in [2.05, 4.69) is 24.1 Å². The summed E-state index contributed by atoms with van der Waals surface area (Å²) in [6.07, 6.45) is 2.53. The molecule has 2 rings (SSSR count). The maximum atomic E-state index is 5.49. The summed E-state index contributed by atoms with van der Waals surface area (Å²) < 4.78 is 5.49. The van der Waals surface area contributed by atoms with E-state index in [1.165, 1.54) is 32.5 Å². The first-order valence-corrected chi connectivity index (χ1v) is 7.07. The molecule has 100 valence electrons. The molecule has 3 nitrogen and oxygen atoms in total. The number of nitrogens with zero attached hydrogens (tertiary/aromatic N) is 1. The first-order chi connectivity index (χ1) is 8.15. The third-order valence-electron chi connectivity index (χ3n) is 4.74. The van der Waals surface area contributed by atoms with Crippen LogP contribution in [0.25, 0.3) is 0 Å². The van der Waals surface area contributed by atoms with Crippen molar-refractivity contribution < 1.29 is 4.74 Å². The number of hydrogen-bond donors (Lipinski definition) is 1. The highest BCUT2D eigenvalue weighted by Gasteiger charge is 2.37. The molecule has 1 N–H and O–H groups in total. The van der Waals surface area contributed by atoms with Gasteiger partial charge in [-0.25, -0.2) is 0 Å². The smallest absolute Gasteiger partial charge is 0.0531 e. The number of likely N-dealkylation sites (tertiary alicyclic amines) is 1. The Balaban J connectivity index is 1.93. The molecule has 17 heavy (non-hydrogen) atoms. The van der Waals surface area contributed by atoms with Crippen LogP contribution in [0.5, 0.6) is 0 Å². The van der Waals surface area contributed by atoms with Gasteiger partial charge < -0.3 is 15.0 Å². The van der Waals surface area contributed by atoms with Crippen LogP contribution in [0, 0.1) is 17.3 Å². The predicted octanol–water partition coefficient (Wildman–Crippen LogP) is 1.59. The van der Waals surface area contributed by atoms with E-state index in [0.717, 1.165) is 31.5 Å². The second-order valence-electron chi connectivity index (χ2n) is 6.33. The van der Waals surface area contributed by atoms with Gasteiger partial charge in [0.2, 0.25) is 0 Å². The van der Waals surface area contributed by atoms with Gasteiger partial charge in [-0.2, -0.15) is 0 Å². The van der Waals surface area contributed by atoms with Gasteiger partial charge in [-0.3, -0.25) is 0 Å². The maximum Gasteiger partial charge on any atom is 0.0531 e. The van der Waals surface area contributed by atoms with Crippen molar-refractivity contribution in [3.63, 3.8) is 0 Å². The Bertz CT molecular complexity index is 223. The van der Waals surface area contributed by atoms with Crippen LogP contribution in [0.4, 0.5) is 0 Å². The minimum absolute atomic E-state index is 0.407. The molecule has 0 spiro atoms. The average molecular weight is 240 g/mol. The van der Waals surface area contributed by atoms with E-state index >= 15 is 0 Å². The molecule has 2 saturated heterocycles. The van der Waals surface area contributed by atoms with Gasteiger partial charge in [-0.15, -0.1) is 0 Å². The maximum absolute atomic E-state index is 5.49. The van der Waals surface area contributed by atoms with E-state index in [0.29, 0.717) is 5.41 Å². The van der Waals surface area contributed by atoms with Crippen LogP contribution < -0.4 is 5.32 Å². The molecule has 0 aliphatic carbocycles. The van der Waals surface area contributed by atoms with Crippen molar-refractivity contribution in [1.82, 2.24) is 10.2 Å². The lowest BCUT2D eigenvalue weighted by molar-refractivity contribution is 0.0269. The fourth-order valence-corrected chi connectivity index (χ4v) is 3.46. The van der Waals surface area contributed by atoms with Gasteiger partial charge in [0, 0.05) is 32.2 Å². The van der Waals surface area contributed by atoms with E-state index in [1.807, 2.05) is 7.11 Å². The second kappa shape index (κ2) is 5.68. The van der Waals surface area contributed by atoms with Crippen molar-refractivity contribution in [1.29, 1.82) is 0 Å². The van der Waals surface area contributed by atoms with Crippen LogP contribution in [0.15, 0.2) is 0 Å². The standard InChI is InChI=1S/C14H28N2O/c1-12-8-16(9-13(12)2)10-14(11-17-3)4-6-15-7-5-14/h12-13,15H,4-11H2,1-3H3. The van der Waals surface area contributed by atoms with Crippen molar-refractivity contribution in [2.75, 3.05) is 46.4 Å². The Labute approximate surface area is 106 Å². The summed E-state index contributed by atoms with van der Waals surface area (Å²) in [5, 5.41) is 3.47. The topological polar surface area (TPSA) is 24.5 Å². The lowest BCUT2D eigenvalue weighted by Gasteiger charge is -2.40. The summed E-state index contributed by atoms with van der Waals surface area (Å²) in [4.78, 5) is 2.67. The van der Waals surface area contributed by atoms with Gasteiger partial charge in [0.25, 0.3) is 0 Å². The number of nitrogens with one attached hydrogen (secondary N) is 1. The third-order valence-corrected chi connectivity index (χ3v) is 4.74. The molecular weight excluding hydrogens is 212 g/mol. The number of hydrogen-bond acceptors (Lipinski definition) is 3. The molecule has 2 unspecified atom stereocenters. The Morgan fingerprint density at radius 1 is 1.18 bits per heavy atom. The molecular formula is C14H28N2O. The molecule has 0 amide bonds. The van der Waals surface area contributed by atoms with Crippen molar-refractivity contribution in [2.24, 2.45) is 17.3 Å². The van der Waals surface area contributed by atoms with Gasteiger partial charge in [0.1, 0.15) is 0 Å². The molecule has 0 aromatic heterocycles. The first-order valence-electron chi connectivity index (χ1n) is 7.07. The predicted molar refractivity (Wildman–Crippen MR) is 71.2 cm³/mol. The summed E-state index contributed by atoms with van der Waals surface area (Å²) in [5.74, 6) is 1.72. The fourth-order valence-electron chi connectivity index (χ4n) is 3.46. The SMILES string of the molecule is COCC1(CN2CC(C)C(C)C2)CCNCC1. The lowest BCUT2D eigenvalue weighted by Crippen LogP contribution is -2.46. The van der Waals surface area contributed by atoms with Crippen LogP contribution in [0.1, 0.15) is 26.7 Å². The first kappa shape index (κ1) is 13.3. The van der Waals surface area contributed by atoms with Gasteiger partial charge in [-0.05, 0) is 37.8 Å². The largest absolute Gasteiger partial charge is 0.384 e. The van der Waals surface area contributed by atoms with Crippen LogP contribution in [-0.4, -0.2) is 51.3 Å². The third kappa shape index (κ3) is 3.21. The Morgan fingerprint density at radius 2 is 1.76 bits per heavy atom. The van der Waals surface area contributed by atoms with Crippen molar-refractivity contribution in [2.45, 2.75) is 26.7 Å². The minimum atomic E-state index is 0.407. The molecule has 2 aliphatic rings. The zero-order valence-corrected chi connectivity index (χ0v) is 11.7. The molecule has 2 aliphatic heterocycles. The fraction of sp³-hybridized carbons (Fsp3) is 1.00. The number of piperidine rings is 1. The highest BCUT2D eigenvalue weighted by molar-refractivity contribution is 4.90. The zero-order chi connectivity index (χ0) is 12.3. The molecule has 2 fully saturated rings. The highest BCUT2D eigenvalue weighted by Crippen LogP contribution is 2.33. The number of methoxy groups -OCH3 is 1. The molecule has 0 aromatic carbocycles. The lowest BCUT2D eigenvalue weighted by atomic mass is 9.79. The molecule has 0 saturated carbocycles. The normalized spacial score (nSPS) is 34.1. The summed E-state index contributed by atoms with van der Waals surface area (Å²) in [7, 11) is 1.85. The average Bonchev–Trinajstić information content (AvgIpc) is 2.59. The highest BCUT2D eigenvalue weighted by atomic mass is 16.5. The quantitative estimate of drug-likeness (QED) is 0.807. The second-order valence-corrected chi connectivity index (χ2v) is 6.33. The van der Waals surface area contributed by atoms with Crippen LogP contribution in [0.2, 0.25) is 0 Å². The van der Waals surface area contributed by atoms with Crippen LogP contribution in [-0.2, 0) is 4.74 Å². The van der Waals surface area contributed by atoms with Crippen molar-refractivity contribution >= 4 is 0 Å². The van der Waals surface area contributed by atoms with Gasteiger partial charge in [-0.1, -0.05) is 13.8 Å². The van der Waals surface area contributed by atoms with E-state index < -0.39 is 0 Å². The van der Waals surface area contributed by atoms with Crippen LogP contribution in [0.3, 0.4) is 0 Å². The Kier molecular flexibility index (Phi) is 4.45. The summed E-state index contributed by atoms with van der Waals surface area (Å²) in [6.45, 7) is 11.8. The van der Waals surface area contributed by atoms with E-state index in [1.54, 1.807) is 0 Å². The summed E-state index contributed by atoms with van der Waals surface area (Å²) in [5.41, 5.74) is 0.407. The summed E-state index contributed by atoms with van der Waals surface area (Å²) >= 11 is 0. The van der Waals surface area contributed by atoms with E-state index in [4.69, 9.17) is 4.74 Å². The zero-order valence-electron chi connectivity index (χ0n) is 11.7. The molecule has 0 aromatic rings. The van der Waals surface area contributed by atoms with Crippen molar-refractivity contribution in [3.8, 4) is 0 Å². The summed E-state index contributed by atoms with van der Waals surface area (Å²) in [6, 6.07) is 0. The van der Waals surface area contributed by atoms with E-state index in [9.17, 15) is 0 Å². The molecule has 3 heteroatoms. The van der Waals surface area contributed by atoms with Crippen LogP contribution >= 0.6 is 0 Å². The van der Waals surface area contributed by atoms with Crippen molar-refractivity contribution in [3.05, 3.63) is 0 Å². The van der Waals surface area contributed by atoms with Gasteiger partial charge in [0.05, 0.1) is 6.61 Å². The molecule has 2 atom stereocenters. The number of rotatable bonds is 4. The number of ether oxygens (including phenoxy) is 1. The van der Waals surface area contributed by atoms with Gasteiger partial charge >= 0.3 is 0 Å². The van der Waals surface area contributed by atoms with Gasteiger partial charge in [0.15, 0.2) is 0 Å². The molecule has 0 radical (unpaired) electrons. The Morgan fingerprint density at radius 3 is 2.29 bits per heavy atom. The molecule has 0 bridgehead atoms. The molecule has 2 heterocycles. The van der Waals surface area contributed by atoms with E-state index in [-0.39, 0.29) is 0 Å². The minimum Gasteiger partial charge on any atom is -0.384 e.